The molecule has 0 atom stereocenters. The molecule has 0 aliphatic heterocycles. The molecule has 0 aliphatic carbocycles. The van der Waals surface area contributed by atoms with E-state index in [2.05, 4.69) is 20.3 Å². The zero-order chi connectivity index (χ0) is 22.8. The highest BCUT2D eigenvalue weighted by atomic mass is 19.1. The normalized spacial score (nSPS) is 10.7. The van der Waals surface area contributed by atoms with Gasteiger partial charge in [0.2, 0.25) is 11.8 Å². The number of aromatic amines is 1. The number of methoxy groups -OCH3 is 2. The second kappa shape index (κ2) is 8.30. The van der Waals surface area contributed by atoms with E-state index in [0.717, 1.165) is 17.5 Å². The van der Waals surface area contributed by atoms with Crippen molar-refractivity contribution in [3.63, 3.8) is 0 Å². The molecule has 0 spiro atoms. The van der Waals surface area contributed by atoms with Crippen molar-refractivity contribution in [3.8, 4) is 17.0 Å². The molecule has 0 radical (unpaired) electrons. The lowest BCUT2D eigenvalue weighted by Crippen LogP contribution is -2.05. The minimum Gasteiger partial charge on any atom is -0.494 e. The fourth-order valence-corrected chi connectivity index (χ4v) is 3.29. The number of nitrogens with zero attached hydrogens (tertiary/aromatic N) is 3. The quantitative estimate of drug-likeness (QED) is 0.260. The average molecular weight is 437 g/mol. The third-order valence-electron chi connectivity index (χ3n) is 4.72. The Kier molecular flexibility index (Phi) is 5.37. The van der Waals surface area contributed by atoms with Crippen LogP contribution in [0, 0.1) is 15.9 Å². The number of carbonyl (C=O) groups excluding carboxylic acids is 1. The smallest absolute Gasteiger partial charge is 0.355 e. The van der Waals surface area contributed by atoms with Gasteiger partial charge in [-0.3, -0.25) is 10.1 Å². The Bertz CT molecular complexity index is 1350. The highest BCUT2D eigenvalue weighted by Gasteiger charge is 2.22. The third-order valence-corrected chi connectivity index (χ3v) is 4.72. The number of benzene rings is 2. The second-order valence-corrected chi connectivity index (χ2v) is 6.56. The van der Waals surface area contributed by atoms with Crippen molar-refractivity contribution in [2.24, 2.45) is 0 Å². The monoisotopic (exact) mass is 437 g/mol. The van der Waals surface area contributed by atoms with Crippen molar-refractivity contribution in [2.45, 2.75) is 0 Å². The number of para-hydroxylation sites is 1. The highest BCUT2D eigenvalue weighted by Crippen LogP contribution is 2.35. The average Bonchev–Trinajstić information content (AvgIpc) is 3.19. The number of esters is 1. The summed E-state index contributed by atoms with van der Waals surface area (Å²) in [5.41, 5.74) is 1.21. The Labute approximate surface area is 180 Å². The number of rotatable bonds is 6. The SMILES string of the molecule is COC(=O)c1[nH]c2ccccc2c1-c1ccnc(Nc2cc([N+](=O)[O-])c(F)cc2OC)n1. The molecule has 0 saturated heterocycles. The van der Waals surface area contributed by atoms with Crippen molar-refractivity contribution in [1.29, 1.82) is 0 Å². The van der Waals surface area contributed by atoms with Crippen molar-refractivity contribution in [3.05, 3.63) is 70.3 Å². The van der Waals surface area contributed by atoms with Crippen molar-refractivity contribution < 1.29 is 23.6 Å². The van der Waals surface area contributed by atoms with Gasteiger partial charge in [0.1, 0.15) is 11.4 Å². The minimum atomic E-state index is -1.03. The van der Waals surface area contributed by atoms with Gasteiger partial charge in [0, 0.05) is 34.8 Å². The molecule has 162 valence electrons. The Morgan fingerprint density at radius 1 is 1.22 bits per heavy atom. The van der Waals surface area contributed by atoms with Gasteiger partial charge in [-0.1, -0.05) is 18.2 Å². The molecule has 4 rings (SSSR count). The topological polar surface area (TPSA) is 132 Å². The Morgan fingerprint density at radius 2 is 2.00 bits per heavy atom. The van der Waals surface area contributed by atoms with Crippen LogP contribution >= 0.6 is 0 Å². The van der Waals surface area contributed by atoms with Crippen molar-refractivity contribution >= 4 is 34.2 Å². The molecule has 0 aliphatic rings. The van der Waals surface area contributed by atoms with Crippen LogP contribution in [-0.2, 0) is 4.74 Å². The minimum absolute atomic E-state index is 0.0319. The van der Waals surface area contributed by atoms with Gasteiger partial charge in [0.25, 0.3) is 0 Å². The molecule has 10 nitrogen and oxygen atoms in total. The molecule has 4 aromatic rings. The summed E-state index contributed by atoms with van der Waals surface area (Å²) >= 11 is 0. The fourth-order valence-electron chi connectivity index (χ4n) is 3.29. The molecule has 0 fully saturated rings. The summed E-state index contributed by atoms with van der Waals surface area (Å²) in [4.78, 5) is 34.2. The molecule has 0 amide bonds. The van der Waals surface area contributed by atoms with Gasteiger partial charge in [-0.2, -0.15) is 4.39 Å². The maximum Gasteiger partial charge on any atom is 0.355 e. The van der Waals surface area contributed by atoms with Crippen LogP contribution in [0.25, 0.3) is 22.2 Å². The first-order valence-electron chi connectivity index (χ1n) is 9.24. The number of nitro groups is 1. The predicted molar refractivity (Wildman–Crippen MR) is 114 cm³/mol. The highest BCUT2D eigenvalue weighted by molar-refractivity contribution is 6.07. The molecule has 2 aromatic carbocycles. The fraction of sp³-hybridized carbons (Fsp3) is 0.0952. The summed E-state index contributed by atoms with van der Waals surface area (Å²) in [5, 5.41) is 14.7. The molecule has 11 heteroatoms. The van der Waals surface area contributed by atoms with E-state index in [1.807, 2.05) is 24.3 Å². The zero-order valence-corrected chi connectivity index (χ0v) is 16.9. The summed E-state index contributed by atoms with van der Waals surface area (Å²) < 4.78 is 23.9. The molecular formula is C21H16FN5O5. The molecule has 0 bridgehead atoms. The number of carbonyl (C=O) groups is 1. The Balaban J connectivity index is 1.81. The molecule has 2 N–H and O–H groups in total. The summed E-state index contributed by atoms with van der Waals surface area (Å²) in [6.45, 7) is 0. The largest absolute Gasteiger partial charge is 0.494 e. The standard InChI is InChI=1S/C21H16FN5O5/c1-31-17-9-12(22)16(27(29)30)10-15(17)26-21-23-8-7-14(25-21)18-11-5-3-4-6-13(11)24-19(18)20(28)32-2/h3-10,24H,1-2H3,(H,23,25,26). The van der Waals surface area contributed by atoms with Crippen LogP contribution in [0.2, 0.25) is 0 Å². The summed E-state index contributed by atoms with van der Waals surface area (Å²) in [6, 6.07) is 10.8. The molecule has 32 heavy (non-hydrogen) atoms. The van der Waals surface area contributed by atoms with Crippen LogP contribution in [-0.4, -0.2) is 40.1 Å². The van der Waals surface area contributed by atoms with Crippen molar-refractivity contribution in [1.82, 2.24) is 15.0 Å². The lowest BCUT2D eigenvalue weighted by molar-refractivity contribution is -0.387. The summed E-state index contributed by atoms with van der Waals surface area (Å²) in [7, 11) is 2.58. The van der Waals surface area contributed by atoms with Crippen LogP contribution in [0.3, 0.4) is 0 Å². The van der Waals surface area contributed by atoms with E-state index in [0.29, 0.717) is 16.8 Å². The first kappa shape index (κ1) is 20.7. The predicted octanol–water partition coefficient (Wildman–Crippen LogP) is 4.21. The maximum atomic E-state index is 13.9. The summed E-state index contributed by atoms with van der Waals surface area (Å²) in [5.74, 6) is -1.51. The van der Waals surface area contributed by atoms with Crippen LogP contribution in [0.4, 0.5) is 21.7 Å². The summed E-state index contributed by atoms with van der Waals surface area (Å²) in [6.07, 6.45) is 1.46. The number of nitrogens with one attached hydrogen (secondary N) is 2. The molecule has 2 heterocycles. The van der Waals surface area contributed by atoms with Gasteiger partial charge in [-0.05, 0) is 12.1 Å². The van der Waals surface area contributed by atoms with Gasteiger partial charge >= 0.3 is 11.7 Å². The lowest BCUT2D eigenvalue weighted by atomic mass is 10.1. The van der Waals surface area contributed by atoms with E-state index >= 15 is 0 Å². The molecular weight excluding hydrogens is 421 g/mol. The first-order chi connectivity index (χ1) is 15.4. The number of halogens is 1. The van der Waals surface area contributed by atoms with E-state index in [1.165, 1.54) is 20.4 Å². The Morgan fingerprint density at radius 3 is 2.72 bits per heavy atom. The van der Waals surface area contributed by atoms with Crippen LogP contribution < -0.4 is 10.1 Å². The number of fused-ring (bicyclic) bond motifs is 1. The number of anilines is 2. The molecule has 0 unspecified atom stereocenters. The van der Waals surface area contributed by atoms with E-state index in [1.54, 1.807) is 6.07 Å². The lowest BCUT2D eigenvalue weighted by Gasteiger charge is -2.11. The number of hydrogen-bond donors (Lipinski definition) is 2. The maximum absolute atomic E-state index is 13.9. The van der Waals surface area contributed by atoms with Gasteiger partial charge in [-0.25, -0.2) is 14.8 Å². The van der Waals surface area contributed by atoms with Gasteiger partial charge in [0.05, 0.1) is 30.5 Å². The van der Waals surface area contributed by atoms with Crippen LogP contribution in [0.1, 0.15) is 10.5 Å². The van der Waals surface area contributed by atoms with E-state index in [9.17, 15) is 19.3 Å². The van der Waals surface area contributed by atoms with Gasteiger partial charge in [0.15, 0.2) is 0 Å². The zero-order valence-electron chi connectivity index (χ0n) is 16.9. The Hall–Kier alpha value is -4.54. The number of aromatic nitrogens is 3. The number of H-pyrrole nitrogens is 1. The van der Waals surface area contributed by atoms with E-state index in [4.69, 9.17) is 9.47 Å². The van der Waals surface area contributed by atoms with E-state index in [-0.39, 0.29) is 23.1 Å². The first-order valence-corrected chi connectivity index (χ1v) is 9.24. The van der Waals surface area contributed by atoms with Crippen LogP contribution in [0.5, 0.6) is 5.75 Å². The van der Waals surface area contributed by atoms with Gasteiger partial charge in [-0.15, -0.1) is 0 Å². The van der Waals surface area contributed by atoms with Crippen LogP contribution in [0.15, 0.2) is 48.7 Å². The number of nitro benzene ring substituents is 1. The number of hydrogen-bond acceptors (Lipinski definition) is 8. The van der Waals surface area contributed by atoms with E-state index < -0.39 is 22.4 Å². The molecule has 2 aromatic heterocycles. The third kappa shape index (κ3) is 3.67. The van der Waals surface area contributed by atoms with Gasteiger partial charge < -0.3 is 19.8 Å². The second-order valence-electron chi connectivity index (χ2n) is 6.56. The van der Waals surface area contributed by atoms with Crippen molar-refractivity contribution in [2.75, 3.05) is 19.5 Å². The number of ether oxygens (including phenoxy) is 2. The molecule has 0 saturated carbocycles.